The summed E-state index contributed by atoms with van der Waals surface area (Å²) in [5, 5.41) is 25.8. The number of aromatic nitrogens is 2. The molecule has 0 radical (unpaired) electrons. The van der Waals surface area contributed by atoms with Gasteiger partial charge in [-0.25, -0.2) is 0 Å². The maximum Gasteiger partial charge on any atom is 0.175 e. The van der Waals surface area contributed by atoms with Crippen molar-refractivity contribution in [1.29, 1.82) is 5.26 Å². The monoisotopic (exact) mass is 471 g/mol. The Morgan fingerprint density at radius 1 is 1.17 bits per heavy atom. The Labute approximate surface area is 204 Å². The Morgan fingerprint density at radius 2 is 1.91 bits per heavy atom. The fraction of sp³-hybridized carbons (Fsp3) is 0.370. The van der Waals surface area contributed by atoms with Gasteiger partial charge in [0.25, 0.3) is 0 Å². The number of anilines is 1. The van der Waals surface area contributed by atoms with E-state index in [1.807, 2.05) is 37.3 Å². The molecule has 35 heavy (non-hydrogen) atoms. The van der Waals surface area contributed by atoms with Crippen LogP contribution >= 0.6 is 0 Å². The molecule has 2 aromatic carbocycles. The standard InChI is InChI=1S/C27H29N5O3/c1-18(30-27(33)25-15-29-31-26(25)14-28)20-4-8-23(9-5-20)35-24-12-13-32(16-24)21-6-10-22(11-7-21)34-17-19-2-3-19/h4-11,15,19,24,27,33H,2-3,12-13,16-17H2,1H3,(H,29,31). The summed E-state index contributed by atoms with van der Waals surface area (Å²) in [6, 6.07) is 18.0. The predicted molar refractivity (Wildman–Crippen MR) is 133 cm³/mol. The van der Waals surface area contributed by atoms with E-state index in [1.165, 1.54) is 24.7 Å². The largest absolute Gasteiger partial charge is 0.493 e. The lowest BCUT2D eigenvalue weighted by Gasteiger charge is -2.19. The van der Waals surface area contributed by atoms with Crippen molar-refractivity contribution >= 4 is 11.4 Å². The number of nitrogens with zero attached hydrogens (tertiary/aromatic N) is 4. The summed E-state index contributed by atoms with van der Waals surface area (Å²) in [4.78, 5) is 6.65. The maximum atomic E-state index is 10.3. The fourth-order valence-electron chi connectivity index (χ4n) is 4.19. The molecule has 5 rings (SSSR count). The van der Waals surface area contributed by atoms with Gasteiger partial charge in [0.05, 0.1) is 24.9 Å². The molecular weight excluding hydrogens is 442 g/mol. The first-order chi connectivity index (χ1) is 17.1. The van der Waals surface area contributed by atoms with Crippen LogP contribution in [0.1, 0.15) is 49.2 Å². The van der Waals surface area contributed by atoms with Crippen LogP contribution in [0.4, 0.5) is 5.69 Å². The molecule has 0 bridgehead atoms. The molecule has 180 valence electrons. The molecule has 1 saturated heterocycles. The van der Waals surface area contributed by atoms with Gasteiger partial charge in [0.1, 0.15) is 29.4 Å². The van der Waals surface area contributed by atoms with Crippen LogP contribution in [0.5, 0.6) is 11.5 Å². The summed E-state index contributed by atoms with van der Waals surface area (Å²) < 4.78 is 12.1. The van der Waals surface area contributed by atoms with Crippen LogP contribution in [0.25, 0.3) is 0 Å². The van der Waals surface area contributed by atoms with E-state index in [0.717, 1.165) is 49.1 Å². The molecule has 1 aliphatic carbocycles. The first-order valence-corrected chi connectivity index (χ1v) is 12.0. The zero-order chi connectivity index (χ0) is 24.2. The minimum atomic E-state index is -1.15. The molecule has 8 nitrogen and oxygen atoms in total. The van der Waals surface area contributed by atoms with Gasteiger partial charge in [-0.2, -0.15) is 10.4 Å². The highest BCUT2D eigenvalue weighted by Crippen LogP contribution is 2.30. The van der Waals surface area contributed by atoms with E-state index in [-0.39, 0.29) is 11.8 Å². The fourth-order valence-corrected chi connectivity index (χ4v) is 4.19. The van der Waals surface area contributed by atoms with E-state index < -0.39 is 6.23 Å². The van der Waals surface area contributed by atoms with Crippen molar-refractivity contribution in [2.45, 2.75) is 38.5 Å². The second-order valence-corrected chi connectivity index (χ2v) is 9.15. The maximum absolute atomic E-state index is 10.3. The van der Waals surface area contributed by atoms with Crippen molar-refractivity contribution in [2.75, 3.05) is 24.6 Å². The number of nitriles is 1. The van der Waals surface area contributed by atoms with Crippen molar-refractivity contribution in [3.05, 3.63) is 71.5 Å². The van der Waals surface area contributed by atoms with E-state index in [2.05, 4.69) is 44.4 Å². The highest BCUT2D eigenvalue weighted by atomic mass is 16.5. The Kier molecular flexibility index (Phi) is 6.68. The van der Waals surface area contributed by atoms with Crippen molar-refractivity contribution < 1.29 is 14.6 Å². The molecule has 0 amide bonds. The van der Waals surface area contributed by atoms with E-state index in [0.29, 0.717) is 11.3 Å². The molecule has 2 atom stereocenters. The van der Waals surface area contributed by atoms with Gasteiger partial charge >= 0.3 is 0 Å². The van der Waals surface area contributed by atoms with Crippen molar-refractivity contribution in [2.24, 2.45) is 10.9 Å². The molecule has 2 fully saturated rings. The van der Waals surface area contributed by atoms with Gasteiger partial charge in [0.15, 0.2) is 6.23 Å². The van der Waals surface area contributed by atoms with Crippen LogP contribution in [-0.4, -0.2) is 46.8 Å². The molecule has 1 aromatic heterocycles. The van der Waals surface area contributed by atoms with Crippen LogP contribution < -0.4 is 14.4 Å². The van der Waals surface area contributed by atoms with E-state index in [9.17, 15) is 5.11 Å². The van der Waals surface area contributed by atoms with Gasteiger partial charge in [0, 0.05) is 24.4 Å². The van der Waals surface area contributed by atoms with Gasteiger partial charge < -0.3 is 19.5 Å². The number of H-pyrrole nitrogens is 1. The summed E-state index contributed by atoms with van der Waals surface area (Å²) in [5.41, 5.74) is 3.29. The average molecular weight is 472 g/mol. The lowest BCUT2D eigenvalue weighted by Crippen LogP contribution is -2.24. The van der Waals surface area contributed by atoms with Gasteiger partial charge in [-0.1, -0.05) is 0 Å². The third kappa shape index (κ3) is 5.64. The molecule has 2 aliphatic rings. The van der Waals surface area contributed by atoms with Gasteiger partial charge in [-0.3, -0.25) is 10.1 Å². The second-order valence-electron chi connectivity index (χ2n) is 9.15. The number of aromatic amines is 1. The van der Waals surface area contributed by atoms with Crippen LogP contribution in [-0.2, 0) is 0 Å². The van der Waals surface area contributed by atoms with Crippen molar-refractivity contribution in [3.63, 3.8) is 0 Å². The highest BCUT2D eigenvalue weighted by Gasteiger charge is 2.25. The van der Waals surface area contributed by atoms with Gasteiger partial charge in [0.2, 0.25) is 0 Å². The average Bonchev–Trinajstić information content (AvgIpc) is 3.38. The number of nitrogens with one attached hydrogen (secondary N) is 1. The zero-order valence-corrected chi connectivity index (χ0v) is 19.7. The summed E-state index contributed by atoms with van der Waals surface area (Å²) in [6.45, 7) is 4.44. The summed E-state index contributed by atoms with van der Waals surface area (Å²) in [6.07, 6.45) is 3.93. The zero-order valence-electron chi connectivity index (χ0n) is 19.7. The lowest BCUT2D eigenvalue weighted by molar-refractivity contribution is 0.188. The molecule has 8 heteroatoms. The summed E-state index contributed by atoms with van der Waals surface area (Å²) in [5.74, 6) is 2.50. The highest BCUT2D eigenvalue weighted by molar-refractivity contribution is 5.98. The third-order valence-corrected chi connectivity index (χ3v) is 6.48. The van der Waals surface area contributed by atoms with Crippen LogP contribution in [0, 0.1) is 17.2 Å². The number of ether oxygens (including phenoxy) is 2. The number of rotatable bonds is 9. The van der Waals surface area contributed by atoms with Crippen molar-refractivity contribution in [3.8, 4) is 17.6 Å². The second kappa shape index (κ2) is 10.2. The quantitative estimate of drug-likeness (QED) is 0.453. The summed E-state index contributed by atoms with van der Waals surface area (Å²) >= 11 is 0. The molecule has 1 aliphatic heterocycles. The first-order valence-electron chi connectivity index (χ1n) is 12.0. The topological polar surface area (TPSA) is 107 Å². The molecule has 0 spiro atoms. The van der Waals surface area contributed by atoms with Crippen molar-refractivity contribution in [1.82, 2.24) is 10.2 Å². The smallest absolute Gasteiger partial charge is 0.175 e. The molecular formula is C27H29N5O3. The third-order valence-electron chi connectivity index (χ3n) is 6.48. The van der Waals surface area contributed by atoms with E-state index >= 15 is 0 Å². The van der Waals surface area contributed by atoms with Crippen LogP contribution in [0.15, 0.2) is 59.7 Å². The molecule has 1 saturated carbocycles. The Balaban J connectivity index is 1.14. The number of hydrogen-bond donors (Lipinski definition) is 2. The number of hydrogen-bond acceptors (Lipinski definition) is 7. The molecule has 2 unspecified atom stereocenters. The Hall–Kier alpha value is -3.83. The van der Waals surface area contributed by atoms with Crippen LogP contribution in [0.3, 0.4) is 0 Å². The normalized spacial score (nSPS) is 18.8. The predicted octanol–water partition coefficient (Wildman–Crippen LogP) is 4.23. The van der Waals surface area contributed by atoms with Gasteiger partial charge in [-0.15, -0.1) is 0 Å². The number of aliphatic hydroxyl groups is 1. The Morgan fingerprint density at radius 3 is 2.63 bits per heavy atom. The first kappa shape index (κ1) is 22.9. The minimum Gasteiger partial charge on any atom is -0.493 e. The summed E-state index contributed by atoms with van der Waals surface area (Å²) in [7, 11) is 0. The number of aliphatic hydroxyl groups excluding tert-OH is 1. The molecule has 2 N–H and O–H groups in total. The minimum absolute atomic E-state index is 0.119. The molecule has 3 aromatic rings. The number of benzene rings is 2. The number of aliphatic imine (C=N–C) groups is 1. The van der Waals surface area contributed by atoms with E-state index in [4.69, 9.17) is 14.7 Å². The SMILES string of the molecule is CC(=NC(O)c1cn[nH]c1C#N)c1ccc(OC2CCN(c3ccc(OCC4CC4)cc3)C2)cc1. The van der Waals surface area contributed by atoms with Gasteiger partial charge in [-0.05, 0) is 79.8 Å². The lowest BCUT2D eigenvalue weighted by atomic mass is 10.1. The Bertz CT molecular complexity index is 1210. The van der Waals surface area contributed by atoms with Crippen LogP contribution in [0.2, 0.25) is 0 Å². The van der Waals surface area contributed by atoms with E-state index in [1.54, 1.807) is 0 Å². The molecule has 2 heterocycles.